The van der Waals surface area contributed by atoms with Crippen LogP contribution in [0.5, 0.6) is 5.75 Å². The first kappa shape index (κ1) is 17.7. The van der Waals surface area contributed by atoms with Gasteiger partial charge in [0.2, 0.25) is 0 Å². The average molecular weight is 326 g/mol. The van der Waals surface area contributed by atoms with Crippen LogP contribution in [0.15, 0.2) is 36.4 Å². The number of carbonyl (C=O) groups excluding carboxylic acids is 1. The Morgan fingerprint density at radius 3 is 2.17 bits per heavy atom. The fourth-order valence-electron chi connectivity index (χ4n) is 2.77. The van der Waals surface area contributed by atoms with Gasteiger partial charge in [-0.2, -0.15) is 0 Å². The second-order valence-electron chi connectivity index (χ2n) is 6.96. The Labute approximate surface area is 141 Å². The predicted molar refractivity (Wildman–Crippen MR) is 93.0 cm³/mol. The minimum Gasteiger partial charge on any atom is -0.507 e. The van der Waals surface area contributed by atoms with Crippen molar-refractivity contribution in [2.75, 3.05) is 0 Å². The van der Waals surface area contributed by atoms with Gasteiger partial charge in [-0.1, -0.05) is 51.1 Å². The Hall–Kier alpha value is -2.62. The van der Waals surface area contributed by atoms with Crippen molar-refractivity contribution in [1.29, 1.82) is 0 Å². The summed E-state index contributed by atoms with van der Waals surface area (Å²) in [5, 5.41) is 19.8. The summed E-state index contributed by atoms with van der Waals surface area (Å²) in [6, 6.07) is 10.9. The van der Waals surface area contributed by atoms with Crippen LogP contribution in [-0.4, -0.2) is 22.0 Å². The van der Waals surface area contributed by atoms with E-state index in [4.69, 9.17) is 0 Å². The van der Waals surface area contributed by atoms with Crippen LogP contribution in [0.25, 0.3) is 0 Å². The molecular weight excluding hydrogens is 304 g/mol. The molecule has 0 amide bonds. The van der Waals surface area contributed by atoms with Crippen molar-refractivity contribution < 1.29 is 19.8 Å². The highest BCUT2D eigenvalue weighted by Crippen LogP contribution is 2.37. The Morgan fingerprint density at radius 1 is 1.08 bits per heavy atom. The van der Waals surface area contributed by atoms with E-state index in [9.17, 15) is 19.8 Å². The van der Waals surface area contributed by atoms with Crippen molar-refractivity contribution in [3.8, 4) is 5.75 Å². The molecule has 0 heterocycles. The zero-order valence-electron chi connectivity index (χ0n) is 14.4. The number of phenols is 1. The van der Waals surface area contributed by atoms with Gasteiger partial charge in [-0.25, -0.2) is 4.79 Å². The molecule has 0 bridgehead atoms. The zero-order chi connectivity index (χ0) is 18.1. The lowest BCUT2D eigenvalue weighted by atomic mass is 9.81. The topological polar surface area (TPSA) is 74.6 Å². The summed E-state index contributed by atoms with van der Waals surface area (Å²) in [5.41, 5.74) is 1.29. The first-order valence-electron chi connectivity index (χ1n) is 7.80. The van der Waals surface area contributed by atoms with E-state index in [0.717, 1.165) is 5.56 Å². The summed E-state index contributed by atoms with van der Waals surface area (Å²) in [4.78, 5) is 24.3. The van der Waals surface area contributed by atoms with Gasteiger partial charge in [0.1, 0.15) is 11.3 Å². The van der Waals surface area contributed by atoms with Crippen molar-refractivity contribution in [2.24, 2.45) is 0 Å². The number of aromatic hydroxyl groups is 1. The number of hydrogen-bond acceptors (Lipinski definition) is 3. The molecule has 0 aliphatic rings. The summed E-state index contributed by atoms with van der Waals surface area (Å²) in [6.45, 7) is 7.17. The first-order valence-corrected chi connectivity index (χ1v) is 7.80. The quantitative estimate of drug-likeness (QED) is 0.829. The minimum absolute atomic E-state index is 0.160. The van der Waals surface area contributed by atoms with E-state index >= 15 is 0 Å². The molecule has 4 heteroatoms. The van der Waals surface area contributed by atoms with E-state index in [1.54, 1.807) is 13.0 Å². The lowest BCUT2D eigenvalue weighted by Crippen LogP contribution is -2.18. The number of benzene rings is 2. The largest absolute Gasteiger partial charge is 0.507 e. The van der Waals surface area contributed by atoms with E-state index in [-0.39, 0.29) is 23.5 Å². The van der Waals surface area contributed by atoms with Crippen LogP contribution in [0.2, 0.25) is 0 Å². The van der Waals surface area contributed by atoms with Gasteiger partial charge in [0.15, 0.2) is 5.78 Å². The van der Waals surface area contributed by atoms with Crippen LogP contribution < -0.4 is 0 Å². The van der Waals surface area contributed by atoms with Gasteiger partial charge < -0.3 is 10.2 Å². The molecule has 0 saturated heterocycles. The zero-order valence-corrected chi connectivity index (χ0v) is 14.4. The Morgan fingerprint density at radius 2 is 1.67 bits per heavy atom. The van der Waals surface area contributed by atoms with Gasteiger partial charge in [-0.3, -0.25) is 4.79 Å². The molecule has 0 fully saturated rings. The number of Topliss-reactive ketones (excluding diaryl/α,β-unsaturated/α-hetero) is 1. The third-order valence-electron chi connectivity index (χ3n) is 4.09. The van der Waals surface area contributed by atoms with Crippen LogP contribution >= 0.6 is 0 Å². The number of rotatable bonds is 4. The maximum absolute atomic E-state index is 12.7. The molecule has 2 aromatic rings. The van der Waals surface area contributed by atoms with Crippen LogP contribution in [0.1, 0.15) is 58.2 Å². The lowest BCUT2D eigenvalue weighted by Gasteiger charge is -2.24. The maximum Gasteiger partial charge on any atom is 0.339 e. The van der Waals surface area contributed by atoms with Gasteiger partial charge >= 0.3 is 5.97 Å². The Balaban J connectivity index is 2.59. The molecule has 0 aliphatic carbocycles. The molecule has 0 saturated carbocycles. The third-order valence-corrected chi connectivity index (χ3v) is 4.09. The number of aromatic carboxylic acids is 1. The molecule has 0 aliphatic heterocycles. The summed E-state index contributed by atoms with van der Waals surface area (Å²) in [5.74, 6) is -1.65. The highest BCUT2D eigenvalue weighted by molar-refractivity contribution is 6.03. The summed E-state index contributed by atoms with van der Waals surface area (Å²) in [7, 11) is 0. The Bertz CT molecular complexity index is 784. The highest BCUT2D eigenvalue weighted by Gasteiger charge is 2.28. The number of carbonyl (C=O) groups is 2. The van der Waals surface area contributed by atoms with Crippen LogP contribution in [0.4, 0.5) is 0 Å². The van der Waals surface area contributed by atoms with Crippen molar-refractivity contribution in [3.05, 3.63) is 64.2 Å². The number of carboxylic acids is 1. The monoisotopic (exact) mass is 326 g/mol. The lowest BCUT2D eigenvalue weighted by molar-refractivity contribution is 0.0692. The second-order valence-corrected chi connectivity index (χ2v) is 6.96. The molecule has 0 atom stereocenters. The minimum atomic E-state index is -1.23. The van der Waals surface area contributed by atoms with Crippen LogP contribution in [0.3, 0.4) is 0 Å². The molecule has 4 nitrogen and oxygen atoms in total. The second kappa shape index (κ2) is 6.48. The smallest absolute Gasteiger partial charge is 0.339 e. The van der Waals surface area contributed by atoms with E-state index in [2.05, 4.69) is 0 Å². The SMILES string of the molecule is Cc1c(C(=O)Cc2ccccc2)cc(C(C)(C)C)c(O)c1C(=O)O. The molecule has 24 heavy (non-hydrogen) atoms. The summed E-state index contributed by atoms with van der Waals surface area (Å²) < 4.78 is 0. The summed E-state index contributed by atoms with van der Waals surface area (Å²) in [6.07, 6.45) is 0.190. The maximum atomic E-state index is 12.7. The van der Waals surface area contributed by atoms with Gasteiger partial charge in [0.05, 0.1) is 0 Å². The molecular formula is C20H22O4. The molecule has 2 rings (SSSR count). The van der Waals surface area contributed by atoms with Crippen molar-refractivity contribution in [3.63, 3.8) is 0 Å². The average Bonchev–Trinajstić information content (AvgIpc) is 2.46. The fourth-order valence-corrected chi connectivity index (χ4v) is 2.77. The number of ketones is 1. The van der Waals surface area contributed by atoms with Gasteiger partial charge in [0.25, 0.3) is 0 Å². The molecule has 0 radical (unpaired) electrons. The standard InChI is InChI=1S/C20H22O4/c1-12-14(16(21)10-13-8-6-5-7-9-13)11-15(20(2,3)4)18(22)17(12)19(23)24/h5-9,11,22H,10H2,1-4H3,(H,23,24). The molecule has 0 spiro atoms. The van der Waals surface area contributed by atoms with Crippen molar-refractivity contribution in [2.45, 2.75) is 39.5 Å². The molecule has 126 valence electrons. The van der Waals surface area contributed by atoms with Gasteiger partial charge in [0, 0.05) is 17.5 Å². The van der Waals surface area contributed by atoms with Crippen LogP contribution in [0, 0.1) is 6.92 Å². The summed E-state index contributed by atoms with van der Waals surface area (Å²) >= 11 is 0. The highest BCUT2D eigenvalue weighted by atomic mass is 16.4. The van der Waals surface area contributed by atoms with Gasteiger partial charge in [-0.15, -0.1) is 0 Å². The Kier molecular flexibility index (Phi) is 4.78. The van der Waals surface area contributed by atoms with E-state index in [1.807, 2.05) is 51.1 Å². The van der Waals surface area contributed by atoms with E-state index < -0.39 is 11.4 Å². The third kappa shape index (κ3) is 3.48. The predicted octanol–water partition coefficient (Wildman–Crippen LogP) is 4.12. The number of carboxylic acid groups (broad SMARTS) is 1. The van der Waals surface area contributed by atoms with Crippen molar-refractivity contribution >= 4 is 11.8 Å². The van der Waals surface area contributed by atoms with Gasteiger partial charge in [-0.05, 0) is 29.5 Å². The van der Waals surface area contributed by atoms with E-state index in [1.165, 1.54) is 0 Å². The molecule has 2 aromatic carbocycles. The van der Waals surface area contributed by atoms with Crippen LogP contribution in [-0.2, 0) is 11.8 Å². The molecule has 0 unspecified atom stereocenters. The molecule has 0 aromatic heterocycles. The van der Waals surface area contributed by atoms with Crippen molar-refractivity contribution in [1.82, 2.24) is 0 Å². The fraction of sp³-hybridized carbons (Fsp3) is 0.300. The normalized spacial score (nSPS) is 11.3. The first-order chi connectivity index (χ1) is 11.1. The molecule has 2 N–H and O–H groups in total. The van der Waals surface area contributed by atoms with E-state index in [0.29, 0.717) is 16.7 Å². The number of hydrogen-bond donors (Lipinski definition) is 2.